The number of carboxylic acids is 1. The molecule has 0 aliphatic heterocycles. The Labute approximate surface area is 193 Å². The highest BCUT2D eigenvalue weighted by atomic mass is 79.9. The highest BCUT2D eigenvalue weighted by molar-refractivity contribution is 9.10. The summed E-state index contributed by atoms with van der Waals surface area (Å²) in [6.07, 6.45) is 3.24. The van der Waals surface area contributed by atoms with Gasteiger partial charge >= 0.3 is 5.97 Å². The largest absolute Gasteiger partial charge is 0.478 e. The second kappa shape index (κ2) is 8.68. The zero-order valence-electron chi connectivity index (χ0n) is 16.9. The van der Waals surface area contributed by atoms with Gasteiger partial charge in [0, 0.05) is 27.8 Å². The van der Waals surface area contributed by atoms with Crippen molar-refractivity contribution in [3.8, 4) is 0 Å². The number of carboxylic acid groups (broad SMARTS) is 1. The number of aryl methyl sites for hydroxylation is 1. The Morgan fingerprint density at radius 2 is 1.72 bits per heavy atom. The molecule has 0 unspecified atom stereocenters. The number of benzene rings is 2. The second-order valence-electron chi connectivity index (χ2n) is 7.10. The van der Waals surface area contributed by atoms with Crippen molar-refractivity contribution in [3.63, 3.8) is 0 Å². The van der Waals surface area contributed by atoms with Crippen LogP contribution >= 0.6 is 15.9 Å². The first-order valence-electron chi connectivity index (χ1n) is 9.58. The molecule has 0 aliphatic rings. The maximum atomic E-state index is 13.7. The van der Waals surface area contributed by atoms with E-state index in [1.165, 1.54) is 28.6 Å². The molecule has 0 bridgehead atoms. The predicted molar refractivity (Wildman–Crippen MR) is 125 cm³/mol. The number of pyridine rings is 2. The smallest absolute Gasteiger partial charge is 0.335 e. The van der Waals surface area contributed by atoms with Gasteiger partial charge in [0.2, 0.25) is 0 Å². The van der Waals surface area contributed by atoms with Crippen molar-refractivity contribution in [3.05, 3.63) is 94.4 Å². The molecule has 4 aromatic rings. The lowest BCUT2D eigenvalue weighted by Gasteiger charge is -2.25. The van der Waals surface area contributed by atoms with Crippen LogP contribution in [0.1, 0.15) is 21.6 Å². The van der Waals surface area contributed by atoms with Gasteiger partial charge in [-0.15, -0.1) is 0 Å². The first-order chi connectivity index (χ1) is 15.3. The average Bonchev–Trinajstić information content (AvgIpc) is 2.79. The molecule has 7 nitrogen and oxygen atoms in total. The van der Waals surface area contributed by atoms with E-state index in [1.807, 2.05) is 31.2 Å². The van der Waals surface area contributed by atoms with E-state index >= 15 is 0 Å². The number of fused-ring (bicyclic) bond motifs is 1. The van der Waals surface area contributed by atoms with Crippen LogP contribution in [-0.2, 0) is 16.6 Å². The Morgan fingerprint density at radius 3 is 2.38 bits per heavy atom. The average molecular weight is 512 g/mol. The van der Waals surface area contributed by atoms with Crippen LogP contribution in [0, 0.1) is 6.92 Å². The summed E-state index contributed by atoms with van der Waals surface area (Å²) in [6, 6.07) is 16.3. The van der Waals surface area contributed by atoms with E-state index in [2.05, 4.69) is 25.9 Å². The molecule has 4 rings (SSSR count). The Bertz CT molecular complexity index is 1410. The van der Waals surface area contributed by atoms with E-state index in [0.717, 1.165) is 15.2 Å². The van der Waals surface area contributed by atoms with E-state index in [4.69, 9.17) is 5.11 Å². The van der Waals surface area contributed by atoms with Crippen molar-refractivity contribution in [1.29, 1.82) is 0 Å². The summed E-state index contributed by atoms with van der Waals surface area (Å²) >= 11 is 3.34. The fourth-order valence-corrected chi connectivity index (χ4v) is 5.05. The van der Waals surface area contributed by atoms with Gasteiger partial charge in [-0.1, -0.05) is 24.3 Å². The van der Waals surface area contributed by atoms with Gasteiger partial charge in [-0.05, 0) is 64.6 Å². The van der Waals surface area contributed by atoms with E-state index in [1.54, 1.807) is 24.5 Å². The van der Waals surface area contributed by atoms with Crippen LogP contribution in [0.15, 0.2) is 82.4 Å². The van der Waals surface area contributed by atoms with Crippen molar-refractivity contribution in [1.82, 2.24) is 9.97 Å². The number of halogens is 1. The van der Waals surface area contributed by atoms with Crippen LogP contribution in [0.3, 0.4) is 0 Å². The maximum Gasteiger partial charge on any atom is 0.335 e. The van der Waals surface area contributed by atoms with Gasteiger partial charge in [-0.3, -0.25) is 4.98 Å². The quantitative estimate of drug-likeness (QED) is 0.399. The summed E-state index contributed by atoms with van der Waals surface area (Å²) < 4.78 is 29.3. The monoisotopic (exact) mass is 511 g/mol. The summed E-state index contributed by atoms with van der Waals surface area (Å²) in [5.74, 6) is -0.840. The molecule has 32 heavy (non-hydrogen) atoms. The van der Waals surface area contributed by atoms with Crippen LogP contribution in [-0.4, -0.2) is 29.5 Å². The SMILES string of the molecule is Cc1c(N(Cc2ccc(Br)cn2)S(=O)(=O)c2ccc(C(=O)O)cc2)ncc2ccccc12. The Kier molecular flexibility index (Phi) is 5.94. The van der Waals surface area contributed by atoms with Crippen LogP contribution in [0.4, 0.5) is 5.82 Å². The van der Waals surface area contributed by atoms with Crippen LogP contribution in [0.5, 0.6) is 0 Å². The van der Waals surface area contributed by atoms with Crippen LogP contribution < -0.4 is 4.31 Å². The highest BCUT2D eigenvalue weighted by Gasteiger charge is 2.28. The predicted octanol–water partition coefficient (Wildman–Crippen LogP) is 4.79. The first kappa shape index (κ1) is 21.9. The molecule has 0 aliphatic carbocycles. The van der Waals surface area contributed by atoms with Gasteiger partial charge in [0.1, 0.15) is 5.82 Å². The van der Waals surface area contributed by atoms with Crippen LogP contribution in [0.25, 0.3) is 10.8 Å². The summed E-state index contributed by atoms with van der Waals surface area (Å²) in [5.41, 5.74) is 1.25. The zero-order chi connectivity index (χ0) is 22.9. The molecule has 0 fully saturated rings. The minimum Gasteiger partial charge on any atom is -0.478 e. The van der Waals surface area contributed by atoms with Crippen molar-refractivity contribution >= 4 is 48.5 Å². The lowest BCUT2D eigenvalue weighted by Crippen LogP contribution is -2.32. The molecule has 0 saturated heterocycles. The minimum atomic E-state index is -4.07. The molecule has 0 radical (unpaired) electrons. The minimum absolute atomic E-state index is 0.00471. The number of rotatable bonds is 6. The van der Waals surface area contributed by atoms with Crippen molar-refractivity contribution in [2.75, 3.05) is 4.31 Å². The molecular weight excluding hydrogens is 494 g/mol. The lowest BCUT2D eigenvalue weighted by atomic mass is 10.1. The van der Waals surface area contributed by atoms with Gasteiger partial charge in [0.05, 0.1) is 22.7 Å². The van der Waals surface area contributed by atoms with E-state index in [-0.39, 0.29) is 22.8 Å². The van der Waals surface area contributed by atoms with E-state index in [9.17, 15) is 13.2 Å². The molecule has 0 atom stereocenters. The summed E-state index contributed by atoms with van der Waals surface area (Å²) in [4.78, 5) is 19.9. The lowest BCUT2D eigenvalue weighted by molar-refractivity contribution is 0.0696. The molecule has 2 aromatic heterocycles. The third kappa shape index (κ3) is 4.21. The van der Waals surface area contributed by atoms with Gasteiger partial charge in [0.25, 0.3) is 10.0 Å². The third-order valence-corrected chi connectivity index (χ3v) is 7.27. The Balaban J connectivity index is 1.86. The summed E-state index contributed by atoms with van der Waals surface area (Å²) in [6.45, 7) is 1.79. The maximum absolute atomic E-state index is 13.7. The van der Waals surface area contributed by atoms with Gasteiger partial charge in [-0.25, -0.2) is 22.5 Å². The van der Waals surface area contributed by atoms with Crippen LogP contribution in [0.2, 0.25) is 0 Å². The third-order valence-electron chi connectivity index (χ3n) is 5.05. The summed E-state index contributed by atoms with van der Waals surface area (Å²) in [7, 11) is -4.07. The normalized spacial score (nSPS) is 11.4. The fourth-order valence-electron chi connectivity index (χ4n) is 3.37. The first-order valence-corrected chi connectivity index (χ1v) is 11.8. The standard InChI is InChI=1S/C23H18BrN3O4S/c1-15-21-5-3-2-4-17(21)12-26-22(15)27(14-19-9-8-18(24)13-25-19)32(30,31)20-10-6-16(7-11-20)23(28)29/h2-13H,14H2,1H3,(H,28,29). The van der Waals surface area contributed by atoms with Crippen molar-refractivity contribution < 1.29 is 18.3 Å². The number of nitrogens with zero attached hydrogens (tertiary/aromatic N) is 3. The number of sulfonamides is 1. The number of hydrogen-bond donors (Lipinski definition) is 1. The number of hydrogen-bond acceptors (Lipinski definition) is 5. The van der Waals surface area contributed by atoms with E-state index in [0.29, 0.717) is 11.3 Å². The second-order valence-corrected chi connectivity index (χ2v) is 9.88. The molecule has 2 heterocycles. The number of aromatic nitrogens is 2. The molecule has 1 N–H and O–H groups in total. The van der Waals surface area contributed by atoms with Crippen molar-refractivity contribution in [2.24, 2.45) is 0 Å². The molecule has 9 heteroatoms. The molecule has 0 saturated carbocycles. The molecule has 0 spiro atoms. The Hall–Kier alpha value is -3.30. The zero-order valence-corrected chi connectivity index (χ0v) is 19.3. The number of aromatic carboxylic acids is 1. The van der Waals surface area contributed by atoms with Gasteiger partial charge in [-0.2, -0.15) is 0 Å². The number of carbonyl (C=O) groups is 1. The molecule has 2 aromatic carbocycles. The molecular formula is C23H18BrN3O4S. The van der Waals surface area contributed by atoms with E-state index < -0.39 is 16.0 Å². The van der Waals surface area contributed by atoms with Gasteiger partial charge in [0.15, 0.2) is 0 Å². The number of anilines is 1. The Morgan fingerprint density at radius 1 is 1.00 bits per heavy atom. The molecule has 162 valence electrons. The topological polar surface area (TPSA) is 100 Å². The molecule has 0 amide bonds. The highest BCUT2D eigenvalue weighted by Crippen LogP contribution is 2.31. The summed E-state index contributed by atoms with van der Waals surface area (Å²) in [5, 5.41) is 10.9. The fraction of sp³-hybridized carbons (Fsp3) is 0.0870. The van der Waals surface area contributed by atoms with Gasteiger partial charge < -0.3 is 5.11 Å². The van der Waals surface area contributed by atoms with Crippen molar-refractivity contribution in [2.45, 2.75) is 18.4 Å².